The van der Waals surface area contributed by atoms with Crippen LogP contribution in [0.2, 0.25) is 0 Å². The summed E-state index contributed by atoms with van der Waals surface area (Å²) >= 11 is 1.55. The zero-order chi connectivity index (χ0) is 13.3. The molecule has 0 saturated carbocycles. The van der Waals surface area contributed by atoms with Crippen LogP contribution < -0.4 is 5.32 Å². The first-order valence-corrected chi connectivity index (χ1v) is 6.85. The van der Waals surface area contributed by atoms with E-state index >= 15 is 0 Å². The van der Waals surface area contributed by atoms with Gasteiger partial charge in [0.25, 0.3) is 0 Å². The van der Waals surface area contributed by atoms with Crippen molar-refractivity contribution in [3.63, 3.8) is 0 Å². The summed E-state index contributed by atoms with van der Waals surface area (Å²) < 4.78 is 0. The predicted octanol–water partition coefficient (Wildman–Crippen LogP) is 1.08. The standard InChI is InChI=1S/C12H17N3O2S/c1-4-12(3)11(17)13-5-10(16)15(12)6-9-7-18-8(2)14-9/h7H,4-6H2,1-3H3,(H,13,17). The average Bonchev–Trinajstić information content (AvgIpc) is 2.75. The maximum Gasteiger partial charge on any atom is 0.246 e. The lowest BCUT2D eigenvalue weighted by Crippen LogP contribution is -2.65. The molecule has 2 rings (SSSR count). The van der Waals surface area contributed by atoms with Gasteiger partial charge in [0.15, 0.2) is 0 Å². The van der Waals surface area contributed by atoms with E-state index in [1.807, 2.05) is 19.2 Å². The van der Waals surface area contributed by atoms with Gasteiger partial charge in [-0.05, 0) is 20.3 Å². The van der Waals surface area contributed by atoms with Crippen LogP contribution >= 0.6 is 11.3 Å². The number of carbonyl (C=O) groups is 2. The second-order valence-electron chi connectivity index (χ2n) is 4.65. The van der Waals surface area contributed by atoms with E-state index in [2.05, 4.69) is 10.3 Å². The van der Waals surface area contributed by atoms with Crippen LogP contribution in [0.15, 0.2) is 5.38 Å². The highest BCUT2D eigenvalue weighted by Crippen LogP contribution is 2.25. The highest BCUT2D eigenvalue weighted by Gasteiger charge is 2.44. The van der Waals surface area contributed by atoms with Gasteiger partial charge in [-0.1, -0.05) is 6.92 Å². The molecule has 1 N–H and O–H groups in total. The first-order chi connectivity index (χ1) is 8.47. The van der Waals surface area contributed by atoms with Crippen LogP contribution in [0, 0.1) is 6.92 Å². The number of amides is 2. The van der Waals surface area contributed by atoms with Crippen molar-refractivity contribution >= 4 is 23.2 Å². The van der Waals surface area contributed by atoms with Gasteiger partial charge >= 0.3 is 0 Å². The van der Waals surface area contributed by atoms with Gasteiger partial charge in [0.05, 0.1) is 23.8 Å². The smallest absolute Gasteiger partial charge is 0.246 e. The molecular weight excluding hydrogens is 250 g/mol. The van der Waals surface area contributed by atoms with E-state index < -0.39 is 5.54 Å². The first kappa shape index (κ1) is 13.0. The van der Waals surface area contributed by atoms with Crippen molar-refractivity contribution < 1.29 is 9.59 Å². The van der Waals surface area contributed by atoms with Gasteiger partial charge in [-0.2, -0.15) is 0 Å². The molecule has 1 aromatic heterocycles. The number of rotatable bonds is 3. The van der Waals surface area contributed by atoms with Crippen molar-refractivity contribution in [2.45, 2.75) is 39.3 Å². The third kappa shape index (κ3) is 2.12. The number of nitrogens with one attached hydrogen (secondary N) is 1. The van der Waals surface area contributed by atoms with Crippen LogP contribution in [0.5, 0.6) is 0 Å². The molecule has 98 valence electrons. The number of nitrogens with zero attached hydrogens (tertiary/aromatic N) is 2. The Labute approximate surface area is 110 Å². The SMILES string of the molecule is CCC1(C)C(=O)NCC(=O)N1Cc1csc(C)n1. The highest BCUT2D eigenvalue weighted by molar-refractivity contribution is 7.09. The molecule has 2 amide bonds. The van der Waals surface area contributed by atoms with Crippen molar-refractivity contribution in [2.75, 3.05) is 6.54 Å². The molecule has 1 atom stereocenters. The van der Waals surface area contributed by atoms with Gasteiger partial charge in [0.2, 0.25) is 11.8 Å². The number of hydrogen-bond donors (Lipinski definition) is 1. The number of piperazine rings is 1. The average molecular weight is 267 g/mol. The quantitative estimate of drug-likeness (QED) is 0.891. The summed E-state index contributed by atoms with van der Waals surface area (Å²) in [6, 6.07) is 0. The maximum atomic E-state index is 12.0. The molecule has 6 heteroatoms. The number of carbonyl (C=O) groups excluding carboxylic acids is 2. The summed E-state index contributed by atoms with van der Waals surface area (Å²) in [5.41, 5.74) is 0.0765. The first-order valence-electron chi connectivity index (χ1n) is 5.97. The molecule has 18 heavy (non-hydrogen) atoms. The Morgan fingerprint density at radius 3 is 2.83 bits per heavy atom. The normalized spacial score (nSPS) is 24.3. The van der Waals surface area contributed by atoms with Crippen LogP contribution in [0.25, 0.3) is 0 Å². The van der Waals surface area contributed by atoms with Gasteiger partial charge < -0.3 is 10.2 Å². The predicted molar refractivity (Wildman–Crippen MR) is 69.1 cm³/mol. The van der Waals surface area contributed by atoms with E-state index in [0.29, 0.717) is 13.0 Å². The Hall–Kier alpha value is -1.43. The number of aromatic nitrogens is 1. The Morgan fingerprint density at radius 2 is 2.28 bits per heavy atom. The molecule has 5 nitrogen and oxygen atoms in total. The topological polar surface area (TPSA) is 62.3 Å². The van der Waals surface area contributed by atoms with E-state index in [0.717, 1.165) is 10.7 Å². The number of thiazole rings is 1. The molecule has 0 aliphatic carbocycles. The Morgan fingerprint density at radius 1 is 1.56 bits per heavy atom. The number of aryl methyl sites for hydroxylation is 1. The van der Waals surface area contributed by atoms with E-state index in [9.17, 15) is 9.59 Å². The van der Waals surface area contributed by atoms with Crippen molar-refractivity contribution in [2.24, 2.45) is 0 Å². The zero-order valence-corrected chi connectivity index (χ0v) is 11.6. The van der Waals surface area contributed by atoms with Crippen molar-refractivity contribution in [3.8, 4) is 0 Å². The Kier molecular flexibility index (Phi) is 3.38. The third-order valence-corrected chi connectivity index (χ3v) is 4.28. The molecule has 0 spiro atoms. The zero-order valence-electron chi connectivity index (χ0n) is 10.8. The lowest BCUT2D eigenvalue weighted by atomic mass is 9.92. The fraction of sp³-hybridized carbons (Fsp3) is 0.583. The van der Waals surface area contributed by atoms with Crippen LogP contribution in [-0.2, 0) is 16.1 Å². The molecular formula is C12H17N3O2S. The minimum atomic E-state index is -0.771. The number of hydrogen-bond acceptors (Lipinski definition) is 4. The lowest BCUT2D eigenvalue weighted by molar-refractivity contribution is -0.153. The summed E-state index contributed by atoms with van der Waals surface area (Å²) in [5, 5.41) is 5.55. The molecule has 0 bridgehead atoms. The molecule has 1 aromatic rings. The van der Waals surface area contributed by atoms with Crippen molar-refractivity contribution in [3.05, 3.63) is 16.1 Å². The Balaban J connectivity index is 2.26. The van der Waals surface area contributed by atoms with Crippen LogP contribution in [0.4, 0.5) is 0 Å². The van der Waals surface area contributed by atoms with E-state index in [4.69, 9.17) is 0 Å². The van der Waals surface area contributed by atoms with Crippen molar-refractivity contribution in [1.82, 2.24) is 15.2 Å². The summed E-state index contributed by atoms with van der Waals surface area (Å²) in [6.07, 6.45) is 0.591. The lowest BCUT2D eigenvalue weighted by Gasteiger charge is -2.42. The van der Waals surface area contributed by atoms with Gasteiger partial charge in [0, 0.05) is 5.38 Å². The summed E-state index contributed by atoms with van der Waals surface area (Å²) in [5.74, 6) is -0.138. The van der Waals surface area contributed by atoms with E-state index in [-0.39, 0.29) is 18.4 Å². The maximum absolute atomic E-state index is 12.0. The molecule has 1 fully saturated rings. The van der Waals surface area contributed by atoms with Gasteiger partial charge in [-0.25, -0.2) is 4.98 Å². The fourth-order valence-electron chi connectivity index (χ4n) is 2.10. The largest absolute Gasteiger partial charge is 0.345 e. The molecule has 1 aliphatic heterocycles. The summed E-state index contributed by atoms with van der Waals surface area (Å²) in [6.45, 7) is 6.13. The monoisotopic (exact) mass is 267 g/mol. The van der Waals surface area contributed by atoms with Crippen molar-refractivity contribution in [1.29, 1.82) is 0 Å². The molecule has 0 radical (unpaired) electrons. The van der Waals surface area contributed by atoms with Gasteiger partial charge in [0.1, 0.15) is 5.54 Å². The van der Waals surface area contributed by atoms with Gasteiger partial charge in [-0.3, -0.25) is 9.59 Å². The Bertz CT molecular complexity index is 485. The summed E-state index contributed by atoms with van der Waals surface area (Å²) in [4.78, 5) is 30.0. The third-order valence-electron chi connectivity index (χ3n) is 3.46. The molecule has 1 aliphatic rings. The van der Waals surface area contributed by atoms with Crippen LogP contribution in [0.1, 0.15) is 31.0 Å². The molecule has 2 heterocycles. The van der Waals surface area contributed by atoms with Gasteiger partial charge in [-0.15, -0.1) is 11.3 Å². The second kappa shape index (κ2) is 4.68. The van der Waals surface area contributed by atoms with Crippen LogP contribution in [0.3, 0.4) is 0 Å². The molecule has 1 unspecified atom stereocenters. The second-order valence-corrected chi connectivity index (χ2v) is 5.71. The van der Waals surface area contributed by atoms with E-state index in [1.54, 1.807) is 23.2 Å². The van der Waals surface area contributed by atoms with Crippen LogP contribution in [-0.4, -0.2) is 33.8 Å². The highest BCUT2D eigenvalue weighted by atomic mass is 32.1. The summed E-state index contributed by atoms with van der Waals surface area (Å²) in [7, 11) is 0. The minimum Gasteiger partial charge on any atom is -0.345 e. The minimum absolute atomic E-state index is 0.0513. The molecule has 1 saturated heterocycles. The fourth-order valence-corrected chi connectivity index (χ4v) is 2.70. The molecule has 0 aromatic carbocycles. The van der Waals surface area contributed by atoms with E-state index in [1.165, 1.54) is 0 Å².